The highest BCUT2D eigenvalue weighted by Crippen LogP contribution is 2.21. The van der Waals surface area contributed by atoms with E-state index in [0.717, 1.165) is 11.3 Å². The molecule has 0 aliphatic rings. The molecule has 0 aliphatic carbocycles. The lowest BCUT2D eigenvalue weighted by Crippen LogP contribution is -2.11. The number of nitrogens with two attached hydrogens (primary N) is 1. The van der Waals surface area contributed by atoms with Crippen LogP contribution in [0.4, 0.5) is 5.69 Å². The molecule has 1 aromatic carbocycles. The third-order valence-corrected chi connectivity index (χ3v) is 2.62. The summed E-state index contributed by atoms with van der Waals surface area (Å²) in [4.78, 5) is 11.0. The fourth-order valence-corrected chi connectivity index (χ4v) is 1.70. The summed E-state index contributed by atoms with van der Waals surface area (Å²) in [6.07, 6.45) is 3.27. The molecule has 0 atom stereocenters. The van der Waals surface area contributed by atoms with E-state index >= 15 is 0 Å². The first-order valence-corrected chi connectivity index (χ1v) is 5.39. The summed E-state index contributed by atoms with van der Waals surface area (Å²) >= 11 is 5.93. The Hall–Kier alpha value is -1.94. The highest BCUT2D eigenvalue weighted by atomic mass is 35.5. The third-order valence-electron chi connectivity index (χ3n) is 2.31. The molecule has 0 spiro atoms. The Labute approximate surface area is 103 Å². The summed E-state index contributed by atoms with van der Waals surface area (Å²) in [7, 11) is 0. The Morgan fingerprint density at radius 1 is 1.41 bits per heavy atom. The summed E-state index contributed by atoms with van der Waals surface area (Å²) in [6, 6.07) is 6.89. The van der Waals surface area contributed by atoms with E-state index in [1.807, 2.05) is 6.07 Å². The Bertz CT molecular complexity index is 523. The molecule has 2 rings (SSSR count). The van der Waals surface area contributed by atoms with Crippen LogP contribution in [-0.2, 0) is 6.54 Å². The molecule has 0 saturated carbocycles. The van der Waals surface area contributed by atoms with Crippen molar-refractivity contribution in [3.8, 4) is 0 Å². The molecule has 1 amide bonds. The van der Waals surface area contributed by atoms with Gasteiger partial charge in [-0.05, 0) is 24.3 Å². The molecule has 2 aromatic rings. The number of anilines is 1. The van der Waals surface area contributed by atoms with Crippen LogP contribution in [0.2, 0.25) is 5.02 Å². The van der Waals surface area contributed by atoms with E-state index in [1.165, 1.54) is 0 Å². The normalized spacial score (nSPS) is 10.2. The average molecular weight is 251 g/mol. The number of rotatable bonds is 4. The van der Waals surface area contributed by atoms with Gasteiger partial charge in [0.1, 0.15) is 0 Å². The second-order valence-corrected chi connectivity index (χ2v) is 3.95. The molecule has 17 heavy (non-hydrogen) atoms. The van der Waals surface area contributed by atoms with E-state index in [9.17, 15) is 4.79 Å². The van der Waals surface area contributed by atoms with Crippen LogP contribution in [-0.4, -0.2) is 5.91 Å². The van der Waals surface area contributed by atoms with Gasteiger partial charge in [-0.2, -0.15) is 0 Å². The summed E-state index contributed by atoms with van der Waals surface area (Å²) < 4.78 is 4.95. The molecule has 0 bridgehead atoms. The van der Waals surface area contributed by atoms with Crippen molar-refractivity contribution in [2.24, 2.45) is 5.73 Å². The molecule has 0 saturated heterocycles. The lowest BCUT2D eigenvalue weighted by atomic mass is 10.2. The van der Waals surface area contributed by atoms with Gasteiger partial charge in [0.05, 0.1) is 23.1 Å². The van der Waals surface area contributed by atoms with Crippen LogP contribution in [0.25, 0.3) is 0 Å². The Morgan fingerprint density at radius 3 is 2.82 bits per heavy atom. The topological polar surface area (TPSA) is 68.3 Å². The molecular weight excluding hydrogens is 240 g/mol. The average Bonchev–Trinajstić information content (AvgIpc) is 2.78. The summed E-state index contributed by atoms with van der Waals surface area (Å²) in [5.74, 6) is -0.531. The van der Waals surface area contributed by atoms with E-state index in [4.69, 9.17) is 21.8 Å². The van der Waals surface area contributed by atoms with Gasteiger partial charge in [-0.25, -0.2) is 0 Å². The minimum absolute atomic E-state index is 0.320. The van der Waals surface area contributed by atoms with Crippen molar-refractivity contribution in [3.05, 3.63) is 52.9 Å². The number of carbonyl (C=O) groups is 1. The second-order valence-electron chi connectivity index (χ2n) is 3.54. The number of benzene rings is 1. The lowest BCUT2D eigenvalue weighted by molar-refractivity contribution is 0.100. The predicted molar refractivity (Wildman–Crippen MR) is 66.0 cm³/mol. The zero-order valence-electron chi connectivity index (χ0n) is 8.94. The number of halogens is 1. The van der Waals surface area contributed by atoms with Crippen molar-refractivity contribution in [2.75, 3.05) is 5.32 Å². The van der Waals surface area contributed by atoms with Crippen LogP contribution in [0.5, 0.6) is 0 Å². The quantitative estimate of drug-likeness (QED) is 0.877. The first-order valence-electron chi connectivity index (χ1n) is 5.01. The highest BCUT2D eigenvalue weighted by Gasteiger charge is 2.06. The van der Waals surface area contributed by atoms with E-state index < -0.39 is 5.91 Å². The molecule has 0 aliphatic heterocycles. The molecular formula is C12H11ClN2O2. The number of amides is 1. The van der Waals surface area contributed by atoms with Gasteiger partial charge >= 0.3 is 0 Å². The maximum absolute atomic E-state index is 11.0. The zero-order valence-corrected chi connectivity index (χ0v) is 9.70. The van der Waals surface area contributed by atoms with Gasteiger partial charge in [0.15, 0.2) is 0 Å². The molecule has 3 N–H and O–H groups in total. The zero-order chi connectivity index (χ0) is 12.3. The largest absolute Gasteiger partial charge is 0.472 e. The van der Waals surface area contributed by atoms with Gasteiger partial charge in [-0.1, -0.05) is 11.6 Å². The van der Waals surface area contributed by atoms with E-state index in [0.29, 0.717) is 17.1 Å². The summed E-state index contributed by atoms with van der Waals surface area (Å²) in [5, 5.41) is 3.50. The fourth-order valence-electron chi connectivity index (χ4n) is 1.42. The SMILES string of the molecule is NC(=O)c1ccc(NCc2ccoc2)cc1Cl. The monoisotopic (exact) mass is 250 g/mol. The summed E-state index contributed by atoms with van der Waals surface area (Å²) in [5.41, 5.74) is 7.33. The van der Waals surface area contributed by atoms with Gasteiger partial charge in [0, 0.05) is 17.8 Å². The van der Waals surface area contributed by atoms with E-state index in [-0.39, 0.29) is 0 Å². The van der Waals surface area contributed by atoms with Gasteiger partial charge < -0.3 is 15.5 Å². The number of hydrogen-bond donors (Lipinski definition) is 2. The molecule has 0 fully saturated rings. The maximum Gasteiger partial charge on any atom is 0.250 e. The first-order chi connectivity index (χ1) is 8.16. The van der Waals surface area contributed by atoms with Crippen molar-refractivity contribution < 1.29 is 9.21 Å². The van der Waals surface area contributed by atoms with Crippen molar-refractivity contribution in [3.63, 3.8) is 0 Å². The van der Waals surface area contributed by atoms with Gasteiger partial charge in [-0.3, -0.25) is 4.79 Å². The third kappa shape index (κ3) is 2.79. The van der Waals surface area contributed by atoms with Crippen LogP contribution in [0, 0.1) is 0 Å². The Balaban J connectivity index is 2.07. The molecule has 0 radical (unpaired) electrons. The highest BCUT2D eigenvalue weighted by molar-refractivity contribution is 6.34. The van der Waals surface area contributed by atoms with Crippen LogP contribution >= 0.6 is 11.6 Å². The molecule has 88 valence electrons. The Morgan fingerprint density at radius 2 is 2.24 bits per heavy atom. The number of primary amides is 1. The minimum Gasteiger partial charge on any atom is -0.472 e. The molecule has 5 heteroatoms. The molecule has 1 aromatic heterocycles. The Kier molecular flexibility index (Phi) is 3.35. The first kappa shape index (κ1) is 11.5. The van der Waals surface area contributed by atoms with Gasteiger partial charge in [-0.15, -0.1) is 0 Å². The lowest BCUT2D eigenvalue weighted by Gasteiger charge is -2.06. The predicted octanol–water partition coefficient (Wildman–Crippen LogP) is 2.64. The van der Waals surface area contributed by atoms with Crippen LogP contribution in [0.1, 0.15) is 15.9 Å². The van der Waals surface area contributed by atoms with Crippen LogP contribution in [0.3, 0.4) is 0 Å². The van der Waals surface area contributed by atoms with Crippen LogP contribution < -0.4 is 11.1 Å². The number of nitrogens with one attached hydrogen (secondary N) is 1. The maximum atomic E-state index is 11.0. The molecule has 4 nitrogen and oxygen atoms in total. The number of carbonyl (C=O) groups excluding carboxylic acids is 1. The molecule has 1 heterocycles. The van der Waals surface area contributed by atoms with E-state index in [1.54, 1.807) is 30.7 Å². The van der Waals surface area contributed by atoms with Crippen molar-refractivity contribution in [2.45, 2.75) is 6.54 Å². The van der Waals surface area contributed by atoms with Gasteiger partial charge in [0.25, 0.3) is 0 Å². The van der Waals surface area contributed by atoms with Crippen molar-refractivity contribution >= 4 is 23.2 Å². The standard InChI is InChI=1S/C12H11ClN2O2/c13-11-5-9(1-2-10(11)12(14)16)15-6-8-3-4-17-7-8/h1-5,7,15H,6H2,(H2,14,16). The summed E-state index contributed by atoms with van der Waals surface area (Å²) in [6.45, 7) is 0.628. The number of furan rings is 1. The molecule has 0 unspecified atom stereocenters. The van der Waals surface area contributed by atoms with E-state index in [2.05, 4.69) is 5.32 Å². The van der Waals surface area contributed by atoms with Crippen molar-refractivity contribution in [1.29, 1.82) is 0 Å². The minimum atomic E-state index is -0.531. The number of hydrogen-bond acceptors (Lipinski definition) is 3. The van der Waals surface area contributed by atoms with Crippen molar-refractivity contribution in [1.82, 2.24) is 0 Å². The smallest absolute Gasteiger partial charge is 0.250 e. The van der Waals surface area contributed by atoms with Gasteiger partial charge in [0.2, 0.25) is 5.91 Å². The fraction of sp³-hybridized carbons (Fsp3) is 0.0833. The van der Waals surface area contributed by atoms with Crippen LogP contribution in [0.15, 0.2) is 41.2 Å². The second kappa shape index (κ2) is 4.93.